The van der Waals surface area contributed by atoms with E-state index in [-0.39, 0.29) is 0 Å². The second-order valence-corrected chi connectivity index (χ2v) is 4.25. The van der Waals surface area contributed by atoms with Crippen LogP contribution in [0.15, 0.2) is 48.5 Å². The third kappa shape index (κ3) is 4.77. The highest BCUT2D eigenvalue weighted by atomic mass is 19.1. The molecule has 0 atom stereocenters. The number of carbonyl (C=O) groups excluding carboxylic acids is 1. The Bertz CT molecular complexity index is 619. The molecule has 0 aliphatic carbocycles. The van der Waals surface area contributed by atoms with Gasteiger partial charge in [0.05, 0.1) is 0 Å². The second kappa shape index (κ2) is 7.25. The van der Waals surface area contributed by atoms with Gasteiger partial charge in [0.25, 0.3) is 0 Å². The number of anilines is 2. The lowest BCUT2D eigenvalue weighted by atomic mass is 10.3. The van der Waals surface area contributed by atoms with Gasteiger partial charge in [-0.2, -0.15) is 0 Å². The Morgan fingerprint density at radius 1 is 1.10 bits per heavy atom. The van der Waals surface area contributed by atoms with Crippen molar-refractivity contribution in [3.8, 4) is 5.75 Å². The summed E-state index contributed by atoms with van der Waals surface area (Å²) in [6.07, 6.45) is 0. The zero-order valence-corrected chi connectivity index (χ0v) is 11.3. The van der Waals surface area contributed by atoms with Crippen molar-refractivity contribution in [1.82, 2.24) is 0 Å². The van der Waals surface area contributed by atoms with Gasteiger partial charge in [-0.1, -0.05) is 12.1 Å². The van der Waals surface area contributed by atoms with E-state index < -0.39 is 11.8 Å². The molecule has 0 heterocycles. The number of benzene rings is 2. The van der Waals surface area contributed by atoms with E-state index in [1.54, 1.807) is 30.3 Å². The summed E-state index contributed by atoms with van der Waals surface area (Å²) in [7, 11) is 0. The molecule has 2 aromatic carbocycles. The van der Waals surface area contributed by atoms with Gasteiger partial charge in [0.15, 0.2) is 0 Å². The zero-order valence-electron chi connectivity index (χ0n) is 11.3. The first-order valence-electron chi connectivity index (χ1n) is 6.44. The summed E-state index contributed by atoms with van der Waals surface area (Å²) in [4.78, 5) is 11.8. The first-order valence-corrected chi connectivity index (χ1v) is 6.44. The van der Waals surface area contributed by atoms with E-state index in [1.165, 1.54) is 18.2 Å². The van der Waals surface area contributed by atoms with Crippen LogP contribution in [0.25, 0.3) is 0 Å². The van der Waals surface area contributed by atoms with Crippen LogP contribution in [0.4, 0.5) is 20.6 Å². The monoisotopic (exact) mass is 289 g/mol. The SMILES string of the molecule is NCCOc1cccc(NC(=O)Nc2cccc(F)c2)c1. The van der Waals surface area contributed by atoms with Gasteiger partial charge in [0, 0.05) is 24.0 Å². The topological polar surface area (TPSA) is 76.4 Å². The number of nitrogens with two attached hydrogens (primary N) is 1. The quantitative estimate of drug-likeness (QED) is 0.792. The van der Waals surface area contributed by atoms with Gasteiger partial charge in [-0.3, -0.25) is 0 Å². The smallest absolute Gasteiger partial charge is 0.323 e. The summed E-state index contributed by atoms with van der Waals surface area (Å²) >= 11 is 0. The Labute approximate surface area is 121 Å². The highest BCUT2D eigenvalue weighted by molar-refractivity contribution is 5.99. The van der Waals surface area contributed by atoms with Crippen LogP contribution in [-0.2, 0) is 0 Å². The van der Waals surface area contributed by atoms with Crippen LogP contribution in [0.5, 0.6) is 5.75 Å². The van der Waals surface area contributed by atoms with Crippen LogP contribution >= 0.6 is 0 Å². The van der Waals surface area contributed by atoms with Crippen LogP contribution in [0.3, 0.4) is 0 Å². The molecule has 0 saturated heterocycles. The molecule has 2 rings (SSSR count). The van der Waals surface area contributed by atoms with Crippen LogP contribution < -0.4 is 21.1 Å². The van der Waals surface area contributed by atoms with Crippen LogP contribution in [0.1, 0.15) is 0 Å². The predicted molar refractivity (Wildman–Crippen MR) is 80.0 cm³/mol. The average molecular weight is 289 g/mol. The summed E-state index contributed by atoms with van der Waals surface area (Å²) in [5.41, 5.74) is 6.30. The number of carbonyl (C=O) groups is 1. The fourth-order valence-electron chi connectivity index (χ4n) is 1.70. The number of rotatable bonds is 5. The van der Waals surface area contributed by atoms with Crippen molar-refractivity contribution in [2.24, 2.45) is 5.73 Å². The van der Waals surface area contributed by atoms with Crippen molar-refractivity contribution in [2.45, 2.75) is 0 Å². The highest BCUT2D eigenvalue weighted by Crippen LogP contribution is 2.17. The summed E-state index contributed by atoms with van der Waals surface area (Å²) < 4.78 is 18.4. The Hall–Kier alpha value is -2.60. The molecule has 2 amide bonds. The van der Waals surface area contributed by atoms with Crippen molar-refractivity contribution < 1.29 is 13.9 Å². The van der Waals surface area contributed by atoms with Crippen LogP contribution in [0.2, 0.25) is 0 Å². The molecule has 0 aliphatic rings. The summed E-state index contributed by atoms with van der Waals surface area (Å²) in [6, 6.07) is 12.1. The summed E-state index contributed by atoms with van der Waals surface area (Å²) in [5, 5.41) is 5.19. The Morgan fingerprint density at radius 2 is 1.76 bits per heavy atom. The zero-order chi connectivity index (χ0) is 15.1. The van der Waals surface area contributed by atoms with Gasteiger partial charge in [-0.15, -0.1) is 0 Å². The van der Waals surface area contributed by atoms with E-state index in [1.807, 2.05) is 0 Å². The molecule has 0 unspecified atom stereocenters. The van der Waals surface area contributed by atoms with Crippen molar-refractivity contribution in [1.29, 1.82) is 0 Å². The molecule has 110 valence electrons. The van der Waals surface area contributed by atoms with E-state index in [9.17, 15) is 9.18 Å². The Kier molecular flexibility index (Phi) is 5.11. The molecule has 0 aromatic heterocycles. The van der Waals surface area contributed by atoms with E-state index in [0.717, 1.165) is 0 Å². The fraction of sp³-hybridized carbons (Fsp3) is 0.133. The molecular weight excluding hydrogens is 273 g/mol. The van der Waals surface area contributed by atoms with Gasteiger partial charge in [-0.25, -0.2) is 9.18 Å². The van der Waals surface area contributed by atoms with E-state index in [2.05, 4.69) is 10.6 Å². The fourth-order valence-corrected chi connectivity index (χ4v) is 1.70. The summed E-state index contributed by atoms with van der Waals surface area (Å²) in [5.74, 6) is 0.203. The van der Waals surface area contributed by atoms with Gasteiger partial charge >= 0.3 is 6.03 Å². The molecule has 5 nitrogen and oxygen atoms in total. The number of hydrogen-bond donors (Lipinski definition) is 3. The van der Waals surface area contributed by atoms with Crippen LogP contribution in [0, 0.1) is 5.82 Å². The lowest BCUT2D eigenvalue weighted by Crippen LogP contribution is -2.19. The van der Waals surface area contributed by atoms with E-state index in [0.29, 0.717) is 30.3 Å². The Morgan fingerprint density at radius 3 is 2.43 bits per heavy atom. The molecule has 0 radical (unpaired) electrons. The van der Waals surface area contributed by atoms with Gasteiger partial charge in [0.2, 0.25) is 0 Å². The molecule has 0 spiro atoms. The third-order valence-electron chi connectivity index (χ3n) is 2.56. The molecule has 0 saturated carbocycles. The minimum Gasteiger partial charge on any atom is -0.492 e. The van der Waals surface area contributed by atoms with Crippen LogP contribution in [-0.4, -0.2) is 19.2 Å². The maximum atomic E-state index is 13.0. The number of nitrogens with one attached hydrogen (secondary N) is 2. The molecular formula is C15H16FN3O2. The lowest BCUT2D eigenvalue weighted by molar-refractivity contribution is 0.262. The largest absolute Gasteiger partial charge is 0.492 e. The molecule has 2 aromatic rings. The standard InChI is InChI=1S/C15H16FN3O2/c16-11-3-1-4-12(9-11)18-15(20)19-13-5-2-6-14(10-13)21-8-7-17/h1-6,9-10H,7-8,17H2,(H2,18,19,20). The summed E-state index contributed by atoms with van der Waals surface area (Å²) in [6.45, 7) is 0.816. The first kappa shape index (κ1) is 14.8. The molecule has 0 fully saturated rings. The minimum absolute atomic E-state index is 0.378. The first-order chi connectivity index (χ1) is 10.2. The molecule has 4 N–H and O–H groups in total. The van der Waals surface area contributed by atoms with Crippen molar-refractivity contribution >= 4 is 17.4 Å². The normalized spacial score (nSPS) is 10.0. The molecule has 0 aliphatic heterocycles. The second-order valence-electron chi connectivity index (χ2n) is 4.25. The number of halogens is 1. The van der Waals surface area contributed by atoms with E-state index >= 15 is 0 Å². The predicted octanol–water partition coefficient (Wildman–Crippen LogP) is 2.81. The highest BCUT2D eigenvalue weighted by Gasteiger charge is 2.04. The number of hydrogen-bond acceptors (Lipinski definition) is 3. The third-order valence-corrected chi connectivity index (χ3v) is 2.56. The lowest BCUT2D eigenvalue weighted by Gasteiger charge is -2.09. The van der Waals surface area contributed by atoms with Crippen molar-refractivity contribution in [3.05, 3.63) is 54.3 Å². The Balaban J connectivity index is 1.96. The van der Waals surface area contributed by atoms with Gasteiger partial charge in [0.1, 0.15) is 18.2 Å². The molecule has 0 bridgehead atoms. The number of ether oxygens (including phenoxy) is 1. The minimum atomic E-state index is -0.462. The number of amides is 2. The van der Waals surface area contributed by atoms with Crippen molar-refractivity contribution in [3.63, 3.8) is 0 Å². The molecule has 6 heteroatoms. The average Bonchev–Trinajstić information content (AvgIpc) is 2.45. The number of urea groups is 1. The maximum absolute atomic E-state index is 13.0. The molecule has 21 heavy (non-hydrogen) atoms. The van der Waals surface area contributed by atoms with E-state index in [4.69, 9.17) is 10.5 Å². The van der Waals surface area contributed by atoms with Gasteiger partial charge in [-0.05, 0) is 30.3 Å². The van der Waals surface area contributed by atoms with Gasteiger partial charge < -0.3 is 21.1 Å². The van der Waals surface area contributed by atoms with Crippen molar-refractivity contribution in [2.75, 3.05) is 23.8 Å². The maximum Gasteiger partial charge on any atom is 0.323 e.